The van der Waals surface area contributed by atoms with Gasteiger partial charge in [0.1, 0.15) is 5.82 Å². The summed E-state index contributed by atoms with van der Waals surface area (Å²) < 4.78 is 1.80. The van der Waals surface area contributed by atoms with Crippen LogP contribution in [0, 0.1) is 0 Å². The monoisotopic (exact) mass is 334 g/mol. The van der Waals surface area contributed by atoms with Crippen LogP contribution in [0.15, 0.2) is 23.5 Å². The Kier molecular flexibility index (Phi) is 6.40. The largest absolute Gasteiger partial charge is 0.369 e. The molecule has 8 heteroatoms. The molecule has 0 aliphatic rings. The molecule has 0 aliphatic carbocycles. The fourth-order valence-corrected chi connectivity index (χ4v) is 2.42. The number of thioether (sulfide) groups is 1. The normalized spacial score (nSPS) is 11.3. The number of aromatic nitrogens is 4. The molecule has 0 saturated heterocycles. The molecule has 0 spiro atoms. The van der Waals surface area contributed by atoms with Crippen molar-refractivity contribution in [1.82, 2.24) is 25.1 Å². The summed E-state index contributed by atoms with van der Waals surface area (Å²) in [6.45, 7) is 5.83. The van der Waals surface area contributed by atoms with E-state index in [0.717, 1.165) is 29.8 Å². The van der Waals surface area contributed by atoms with Gasteiger partial charge in [0, 0.05) is 13.1 Å². The molecule has 0 atom stereocenters. The number of allylic oxidation sites excluding steroid dienone is 1. The zero-order valence-corrected chi connectivity index (χ0v) is 14.5. The Hall–Kier alpha value is -2.09. The van der Waals surface area contributed by atoms with Crippen molar-refractivity contribution in [2.24, 2.45) is 0 Å². The third-order valence-electron chi connectivity index (χ3n) is 3.14. The van der Waals surface area contributed by atoms with E-state index < -0.39 is 0 Å². The van der Waals surface area contributed by atoms with Gasteiger partial charge in [0.05, 0.1) is 18.1 Å². The SMILES string of the molecule is C/C=C\C(=O)NCCn1ncc2c(NCCC)nc(SC)nc21. The topological polar surface area (TPSA) is 84.7 Å². The van der Waals surface area contributed by atoms with E-state index in [-0.39, 0.29) is 5.91 Å². The van der Waals surface area contributed by atoms with E-state index in [4.69, 9.17) is 0 Å². The number of hydrogen-bond donors (Lipinski definition) is 2. The summed E-state index contributed by atoms with van der Waals surface area (Å²) in [5, 5.41) is 12.1. The Morgan fingerprint density at radius 2 is 2.22 bits per heavy atom. The summed E-state index contributed by atoms with van der Waals surface area (Å²) >= 11 is 1.50. The lowest BCUT2D eigenvalue weighted by Crippen LogP contribution is -2.25. The molecule has 0 fully saturated rings. The predicted octanol–water partition coefficient (Wildman–Crippen LogP) is 2.06. The highest BCUT2D eigenvalue weighted by Crippen LogP contribution is 2.23. The maximum absolute atomic E-state index is 11.4. The third-order valence-corrected chi connectivity index (χ3v) is 3.69. The number of carbonyl (C=O) groups is 1. The average molecular weight is 334 g/mol. The first-order valence-corrected chi connectivity index (χ1v) is 8.84. The lowest BCUT2D eigenvalue weighted by atomic mass is 10.3. The maximum Gasteiger partial charge on any atom is 0.243 e. The van der Waals surface area contributed by atoms with E-state index in [1.165, 1.54) is 17.8 Å². The lowest BCUT2D eigenvalue weighted by Gasteiger charge is -2.08. The number of nitrogens with zero attached hydrogens (tertiary/aromatic N) is 4. The van der Waals surface area contributed by atoms with E-state index in [2.05, 4.69) is 32.6 Å². The van der Waals surface area contributed by atoms with Gasteiger partial charge in [0.15, 0.2) is 10.8 Å². The molecule has 7 nitrogen and oxygen atoms in total. The minimum atomic E-state index is -0.103. The number of rotatable bonds is 8. The van der Waals surface area contributed by atoms with Gasteiger partial charge in [0.2, 0.25) is 5.91 Å². The molecule has 0 bridgehead atoms. The van der Waals surface area contributed by atoms with Crippen LogP contribution in [0.4, 0.5) is 5.82 Å². The minimum Gasteiger partial charge on any atom is -0.369 e. The standard InChI is InChI=1S/C15H22N6OS/c1-4-6-12(22)16-8-9-21-14-11(10-18-21)13(17-7-5-2)19-15(20-14)23-3/h4,6,10H,5,7-9H2,1-3H3,(H,16,22)(H,17,19,20)/b6-4-. The van der Waals surface area contributed by atoms with Crippen LogP contribution in [-0.2, 0) is 11.3 Å². The van der Waals surface area contributed by atoms with Gasteiger partial charge in [-0.1, -0.05) is 24.8 Å². The molecule has 2 aromatic heterocycles. The van der Waals surface area contributed by atoms with Gasteiger partial charge in [-0.3, -0.25) is 4.79 Å². The molecule has 0 aliphatic heterocycles. The average Bonchev–Trinajstić information content (AvgIpc) is 2.96. The fraction of sp³-hybridized carbons (Fsp3) is 0.467. The molecule has 2 heterocycles. The molecular formula is C15H22N6OS. The van der Waals surface area contributed by atoms with Crippen LogP contribution in [0.2, 0.25) is 0 Å². The van der Waals surface area contributed by atoms with Crippen molar-refractivity contribution >= 4 is 34.5 Å². The summed E-state index contributed by atoms with van der Waals surface area (Å²) in [4.78, 5) is 20.5. The van der Waals surface area contributed by atoms with Gasteiger partial charge in [-0.2, -0.15) is 5.10 Å². The van der Waals surface area contributed by atoms with Gasteiger partial charge < -0.3 is 10.6 Å². The third kappa shape index (κ3) is 4.44. The predicted molar refractivity (Wildman–Crippen MR) is 93.7 cm³/mol. The molecule has 0 radical (unpaired) electrons. The number of carbonyl (C=O) groups excluding carboxylic acids is 1. The Morgan fingerprint density at radius 3 is 2.91 bits per heavy atom. The highest BCUT2D eigenvalue weighted by atomic mass is 32.2. The van der Waals surface area contributed by atoms with Gasteiger partial charge in [-0.15, -0.1) is 0 Å². The van der Waals surface area contributed by atoms with Gasteiger partial charge in [0.25, 0.3) is 0 Å². The molecule has 2 N–H and O–H groups in total. The number of fused-ring (bicyclic) bond motifs is 1. The van der Waals surface area contributed by atoms with Crippen molar-refractivity contribution in [1.29, 1.82) is 0 Å². The van der Waals surface area contributed by atoms with Crippen LogP contribution in [0.3, 0.4) is 0 Å². The van der Waals surface area contributed by atoms with Crippen LogP contribution in [0.5, 0.6) is 0 Å². The molecule has 0 unspecified atom stereocenters. The first-order valence-electron chi connectivity index (χ1n) is 7.61. The summed E-state index contributed by atoms with van der Waals surface area (Å²) in [6, 6.07) is 0. The summed E-state index contributed by atoms with van der Waals surface area (Å²) in [6.07, 6.45) is 7.95. The highest BCUT2D eigenvalue weighted by Gasteiger charge is 2.12. The van der Waals surface area contributed by atoms with Crippen LogP contribution in [0.25, 0.3) is 11.0 Å². The van der Waals surface area contributed by atoms with Crippen LogP contribution in [-0.4, -0.2) is 45.0 Å². The Morgan fingerprint density at radius 1 is 1.39 bits per heavy atom. The second-order valence-electron chi connectivity index (χ2n) is 4.88. The number of amides is 1. The minimum absolute atomic E-state index is 0.103. The van der Waals surface area contributed by atoms with Crippen LogP contribution in [0.1, 0.15) is 20.3 Å². The van der Waals surface area contributed by atoms with Gasteiger partial charge in [-0.25, -0.2) is 14.6 Å². The second-order valence-corrected chi connectivity index (χ2v) is 5.66. The van der Waals surface area contributed by atoms with Crippen molar-refractivity contribution in [2.75, 3.05) is 24.7 Å². The fourth-order valence-electron chi connectivity index (χ4n) is 2.06. The van der Waals surface area contributed by atoms with E-state index >= 15 is 0 Å². The van der Waals surface area contributed by atoms with Crippen molar-refractivity contribution in [3.8, 4) is 0 Å². The van der Waals surface area contributed by atoms with Crippen molar-refractivity contribution in [3.05, 3.63) is 18.3 Å². The van der Waals surface area contributed by atoms with Crippen LogP contribution < -0.4 is 10.6 Å². The van der Waals surface area contributed by atoms with Crippen LogP contribution >= 0.6 is 11.8 Å². The molecule has 1 amide bonds. The van der Waals surface area contributed by atoms with Crippen molar-refractivity contribution in [2.45, 2.75) is 32.0 Å². The van der Waals surface area contributed by atoms with Crippen molar-refractivity contribution < 1.29 is 4.79 Å². The molecular weight excluding hydrogens is 312 g/mol. The van der Waals surface area contributed by atoms with E-state index in [0.29, 0.717) is 18.2 Å². The molecule has 124 valence electrons. The molecule has 0 saturated carbocycles. The summed E-state index contributed by atoms with van der Waals surface area (Å²) in [5.74, 6) is 0.707. The Bertz CT molecular complexity index is 697. The molecule has 23 heavy (non-hydrogen) atoms. The molecule has 2 aromatic rings. The lowest BCUT2D eigenvalue weighted by molar-refractivity contribution is -0.116. The number of anilines is 1. The van der Waals surface area contributed by atoms with E-state index in [1.54, 1.807) is 17.0 Å². The second kappa shape index (κ2) is 8.52. The number of hydrogen-bond acceptors (Lipinski definition) is 6. The van der Waals surface area contributed by atoms with Gasteiger partial charge >= 0.3 is 0 Å². The quantitative estimate of drug-likeness (QED) is 0.437. The van der Waals surface area contributed by atoms with Crippen molar-refractivity contribution in [3.63, 3.8) is 0 Å². The van der Waals surface area contributed by atoms with E-state index in [9.17, 15) is 4.79 Å². The molecule has 2 rings (SSSR count). The highest BCUT2D eigenvalue weighted by molar-refractivity contribution is 7.98. The summed E-state index contributed by atoms with van der Waals surface area (Å²) in [5.41, 5.74) is 0.781. The van der Waals surface area contributed by atoms with E-state index in [1.807, 2.05) is 13.2 Å². The first kappa shape index (κ1) is 17.3. The molecule has 0 aromatic carbocycles. The number of nitrogens with one attached hydrogen (secondary N) is 2. The first-order chi connectivity index (χ1) is 11.2. The summed E-state index contributed by atoms with van der Waals surface area (Å²) in [7, 11) is 0. The van der Waals surface area contributed by atoms with Gasteiger partial charge in [-0.05, 0) is 25.7 Å². The Balaban J connectivity index is 2.19. The maximum atomic E-state index is 11.4. The zero-order valence-electron chi connectivity index (χ0n) is 13.7. The smallest absolute Gasteiger partial charge is 0.243 e. The zero-order chi connectivity index (χ0) is 16.7. The Labute approximate surface area is 140 Å².